The quantitative estimate of drug-likeness (QED) is 0.0196. The van der Waals surface area contributed by atoms with Crippen LogP contribution in [0.1, 0.15) is 78.1 Å². The summed E-state index contributed by atoms with van der Waals surface area (Å²) in [6.45, 7) is 6.52. The molecule has 5 aromatic rings. The van der Waals surface area contributed by atoms with E-state index in [1.54, 1.807) is 36.5 Å². The van der Waals surface area contributed by atoms with Crippen molar-refractivity contribution in [1.82, 2.24) is 4.98 Å². The summed E-state index contributed by atoms with van der Waals surface area (Å²) in [6, 6.07) is 28.5. The Morgan fingerprint density at radius 3 is 2.39 bits per heavy atom. The number of nitrogens with one attached hydrogen (secondary N) is 1. The van der Waals surface area contributed by atoms with Gasteiger partial charge in [-0.3, -0.25) is 5.43 Å². The highest BCUT2D eigenvalue weighted by Crippen LogP contribution is 2.26. The van der Waals surface area contributed by atoms with Crippen LogP contribution in [0.15, 0.2) is 109 Å². The number of nitrogens with zero attached hydrogens (tertiary/aromatic N) is 2. The smallest absolute Gasteiger partial charge is 0.343 e. The molecule has 1 heterocycles. The van der Waals surface area contributed by atoms with E-state index >= 15 is 0 Å². The third-order valence-corrected chi connectivity index (χ3v) is 8.74. The fourth-order valence-electron chi connectivity index (χ4n) is 5.00. The Kier molecular flexibility index (Phi) is 14.0. The van der Waals surface area contributed by atoms with Gasteiger partial charge in [-0.05, 0) is 111 Å². The lowest BCUT2D eigenvalue weighted by Crippen LogP contribution is -2.10. The molecule has 0 amide bonds. The van der Waals surface area contributed by atoms with Crippen LogP contribution in [-0.4, -0.2) is 36.4 Å². The van der Waals surface area contributed by atoms with E-state index < -0.39 is 11.9 Å². The molecule has 9 heteroatoms. The predicted octanol–water partition coefficient (Wildman–Crippen LogP) is 9.37. The molecule has 1 aromatic heterocycles. The van der Waals surface area contributed by atoms with E-state index in [1.165, 1.54) is 29.4 Å². The molecule has 1 N–H and O–H groups in total. The van der Waals surface area contributed by atoms with E-state index in [0.717, 1.165) is 59.9 Å². The van der Waals surface area contributed by atoms with Gasteiger partial charge in [-0.1, -0.05) is 67.4 Å². The van der Waals surface area contributed by atoms with E-state index in [0.29, 0.717) is 41.0 Å². The van der Waals surface area contributed by atoms with Crippen LogP contribution in [0, 0.1) is 11.8 Å². The number of hydrogen-bond donors (Lipinski definition) is 1. The number of hydrazone groups is 1. The number of hydrogen-bond acceptors (Lipinski definition) is 9. The minimum atomic E-state index is -0.505. The van der Waals surface area contributed by atoms with Gasteiger partial charge in [0.2, 0.25) is 5.13 Å². The van der Waals surface area contributed by atoms with Crippen molar-refractivity contribution in [2.24, 2.45) is 5.10 Å². The zero-order chi connectivity index (χ0) is 35.7. The monoisotopic (exact) mass is 699 g/mol. The average molecular weight is 700 g/mol. The van der Waals surface area contributed by atoms with Crippen molar-refractivity contribution in [3.8, 4) is 23.3 Å². The van der Waals surface area contributed by atoms with E-state index in [1.807, 2.05) is 48.5 Å². The topological polar surface area (TPSA) is 99.1 Å². The summed E-state index contributed by atoms with van der Waals surface area (Å²) in [7, 11) is 0. The van der Waals surface area contributed by atoms with E-state index in [9.17, 15) is 9.59 Å². The van der Waals surface area contributed by atoms with Crippen molar-refractivity contribution in [2.75, 3.05) is 18.6 Å². The molecular weight excluding hydrogens is 659 g/mol. The summed E-state index contributed by atoms with van der Waals surface area (Å²) >= 11 is 1.50. The first kappa shape index (κ1) is 36.6. The highest BCUT2D eigenvalue weighted by atomic mass is 32.1. The van der Waals surface area contributed by atoms with Crippen LogP contribution in [-0.2, 0) is 16.0 Å². The number of aryl methyl sites for hydroxylation is 1. The number of ether oxygens (including phenoxy) is 3. The average Bonchev–Trinajstić information content (AvgIpc) is 3.58. The van der Waals surface area contributed by atoms with Gasteiger partial charge >= 0.3 is 11.9 Å². The summed E-state index contributed by atoms with van der Waals surface area (Å²) in [6.07, 6.45) is 9.72. The first-order valence-electron chi connectivity index (χ1n) is 17.1. The fraction of sp³-hybridized carbons (Fsp3) is 0.238. The summed E-state index contributed by atoms with van der Waals surface area (Å²) in [5.41, 5.74) is 7.85. The van der Waals surface area contributed by atoms with Gasteiger partial charge in [0.15, 0.2) is 0 Å². The van der Waals surface area contributed by atoms with E-state index in [-0.39, 0.29) is 0 Å². The lowest BCUT2D eigenvalue weighted by molar-refractivity contribution is -0.137. The van der Waals surface area contributed by atoms with Crippen molar-refractivity contribution in [3.63, 3.8) is 0 Å². The molecule has 0 radical (unpaired) electrons. The van der Waals surface area contributed by atoms with Crippen LogP contribution in [0.3, 0.4) is 0 Å². The molecule has 0 aliphatic rings. The van der Waals surface area contributed by atoms with Crippen LogP contribution >= 0.6 is 11.3 Å². The number of carbonyl (C=O) groups is 2. The number of benzene rings is 4. The molecular formula is C42H41N3O5S. The van der Waals surface area contributed by atoms with Crippen molar-refractivity contribution in [1.29, 1.82) is 0 Å². The number of anilines is 1. The number of carbonyl (C=O) groups excluding carboxylic acids is 2. The van der Waals surface area contributed by atoms with Gasteiger partial charge in [0.1, 0.15) is 11.5 Å². The van der Waals surface area contributed by atoms with Gasteiger partial charge in [0.25, 0.3) is 0 Å². The molecule has 0 bridgehead atoms. The predicted molar refractivity (Wildman–Crippen MR) is 205 cm³/mol. The van der Waals surface area contributed by atoms with Gasteiger partial charge in [-0.15, -0.1) is 0 Å². The molecule has 51 heavy (non-hydrogen) atoms. The maximum atomic E-state index is 13.2. The highest BCUT2D eigenvalue weighted by molar-refractivity contribution is 7.22. The number of unbranched alkanes of at least 4 members (excludes halogenated alkanes) is 4. The standard InChI is InChI=1S/C42H41N3O5S/c1-3-5-12-31-15-17-32(18-16-31)19-20-33-21-26-38(35(29-33)30-43-45-42-44-37-13-8-9-14-39(37)51-42)50-41(47)34-22-24-36(25-23-34)48-27-10-6-7-11-28-49-40(46)4-2/h4,8-9,13-18,21-26,29-30H,2-3,5-7,10-12,27-28H2,1H3,(H,44,45)/b43-30+. The number of aromatic nitrogens is 1. The number of fused-ring (bicyclic) bond motifs is 1. The molecule has 0 fully saturated rings. The molecule has 0 aliphatic carbocycles. The molecule has 8 nitrogen and oxygen atoms in total. The van der Waals surface area contributed by atoms with Crippen molar-refractivity contribution < 1.29 is 23.8 Å². The Morgan fingerprint density at radius 1 is 0.882 bits per heavy atom. The second-order valence-corrected chi connectivity index (χ2v) is 12.7. The van der Waals surface area contributed by atoms with Crippen LogP contribution in [0.25, 0.3) is 10.2 Å². The molecule has 0 unspecified atom stereocenters. The van der Waals surface area contributed by atoms with Gasteiger partial charge in [0, 0.05) is 22.8 Å². The molecule has 260 valence electrons. The zero-order valence-electron chi connectivity index (χ0n) is 28.7. The molecule has 0 saturated heterocycles. The number of rotatable bonds is 17. The van der Waals surface area contributed by atoms with Gasteiger partial charge < -0.3 is 14.2 Å². The number of para-hydroxylation sites is 1. The summed E-state index contributed by atoms with van der Waals surface area (Å²) in [5, 5.41) is 5.06. The largest absolute Gasteiger partial charge is 0.494 e. The normalized spacial score (nSPS) is 10.8. The number of esters is 2. The molecule has 5 rings (SSSR count). The Hall–Kier alpha value is -5.72. The second-order valence-electron chi connectivity index (χ2n) is 11.7. The molecule has 0 atom stereocenters. The van der Waals surface area contributed by atoms with Crippen molar-refractivity contribution in [3.05, 3.63) is 131 Å². The third-order valence-electron chi connectivity index (χ3n) is 7.80. The number of thiazole rings is 1. The minimum Gasteiger partial charge on any atom is -0.494 e. The molecule has 4 aromatic carbocycles. The lowest BCUT2D eigenvalue weighted by atomic mass is 10.1. The maximum Gasteiger partial charge on any atom is 0.343 e. The van der Waals surface area contributed by atoms with Crippen LogP contribution in [0.4, 0.5) is 5.13 Å². The highest BCUT2D eigenvalue weighted by Gasteiger charge is 2.13. The van der Waals surface area contributed by atoms with Gasteiger partial charge in [-0.25, -0.2) is 14.6 Å². The summed E-state index contributed by atoms with van der Waals surface area (Å²) < 4.78 is 17.7. The Bertz CT molecular complexity index is 1970. The Morgan fingerprint density at radius 2 is 1.63 bits per heavy atom. The maximum absolute atomic E-state index is 13.2. The first-order chi connectivity index (χ1) is 25.0. The zero-order valence-corrected chi connectivity index (χ0v) is 29.5. The first-order valence-corrected chi connectivity index (χ1v) is 18.0. The lowest BCUT2D eigenvalue weighted by Gasteiger charge is -2.10. The Balaban J connectivity index is 1.22. The second kappa shape index (κ2) is 19.5. The van der Waals surface area contributed by atoms with Crippen molar-refractivity contribution >= 4 is 44.8 Å². The summed E-state index contributed by atoms with van der Waals surface area (Å²) in [5.74, 6) is 6.58. The Labute approximate surface area is 303 Å². The van der Waals surface area contributed by atoms with Crippen LogP contribution < -0.4 is 14.9 Å². The van der Waals surface area contributed by atoms with E-state index in [2.05, 4.69) is 53.0 Å². The van der Waals surface area contributed by atoms with Crippen LogP contribution in [0.2, 0.25) is 0 Å². The van der Waals surface area contributed by atoms with E-state index in [4.69, 9.17) is 14.2 Å². The fourth-order valence-corrected chi connectivity index (χ4v) is 5.82. The molecule has 0 spiro atoms. The SMILES string of the molecule is C=CC(=O)OCCCCCCOc1ccc(C(=O)Oc2ccc(C#Cc3ccc(CCCC)cc3)cc2/C=N/Nc2nc3ccccc3s2)cc1. The third kappa shape index (κ3) is 11.7. The van der Waals surface area contributed by atoms with Crippen molar-refractivity contribution in [2.45, 2.75) is 51.9 Å². The summed E-state index contributed by atoms with van der Waals surface area (Å²) in [4.78, 5) is 28.9. The molecule has 0 saturated carbocycles. The molecule has 0 aliphatic heterocycles. The van der Waals surface area contributed by atoms with Crippen LogP contribution in [0.5, 0.6) is 11.5 Å². The van der Waals surface area contributed by atoms with Gasteiger partial charge in [0.05, 0.1) is 35.2 Å². The minimum absolute atomic E-state index is 0.347. The van der Waals surface area contributed by atoms with Gasteiger partial charge in [-0.2, -0.15) is 5.10 Å².